The summed E-state index contributed by atoms with van der Waals surface area (Å²) in [5.74, 6) is 0.305. The van der Waals surface area contributed by atoms with Crippen LogP contribution in [0.2, 0.25) is 18.1 Å². The number of benzene rings is 1. The monoisotopic (exact) mass is 413 g/mol. The smallest absolute Gasteiger partial charge is 0.407 e. The maximum atomic E-state index is 12.4. The fourth-order valence-electron chi connectivity index (χ4n) is 2.38. The predicted molar refractivity (Wildman–Crippen MR) is 116 cm³/mol. The lowest BCUT2D eigenvalue weighted by molar-refractivity contribution is 0.0448. The highest BCUT2D eigenvalue weighted by molar-refractivity contribution is 6.74. The molecule has 0 aromatic heterocycles. The van der Waals surface area contributed by atoms with E-state index in [0.29, 0.717) is 12.3 Å². The number of hydrogen-bond acceptors (Lipinski definition) is 3. The second kappa shape index (κ2) is 9.44. The summed E-state index contributed by atoms with van der Waals surface area (Å²) in [4.78, 5) is 12.4. The summed E-state index contributed by atoms with van der Waals surface area (Å²) in [5, 5.41) is 3.05. The number of rotatable bonds is 7. The van der Waals surface area contributed by atoms with Gasteiger partial charge in [0, 0.05) is 5.88 Å². The molecule has 0 heterocycles. The van der Waals surface area contributed by atoms with Crippen LogP contribution in [-0.4, -0.2) is 38.0 Å². The first-order valence-corrected chi connectivity index (χ1v) is 13.0. The first-order chi connectivity index (χ1) is 12.2. The van der Waals surface area contributed by atoms with E-state index >= 15 is 0 Å². The molecule has 4 nitrogen and oxygen atoms in total. The Morgan fingerprint density at radius 2 is 1.67 bits per heavy atom. The van der Waals surface area contributed by atoms with Crippen LogP contribution >= 0.6 is 11.6 Å². The summed E-state index contributed by atoms with van der Waals surface area (Å²) in [6, 6.07) is 9.77. The van der Waals surface area contributed by atoms with Gasteiger partial charge >= 0.3 is 6.09 Å². The molecular formula is C21H36ClNO3Si. The number of hydrogen-bond donors (Lipinski definition) is 1. The Hall–Kier alpha value is -1.04. The highest BCUT2D eigenvalue weighted by Gasteiger charge is 2.41. The molecule has 1 aromatic rings. The molecule has 0 unspecified atom stereocenters. The van der Waals surface area contributed by atoms with Gasteiger partial charge in [-0.15, -0.1) is 11.6 Å². The van der Waals surface area contributed by atoms with Crippen molar-refractivity contribution in [2.75, 3.05) is 5.88 Å². The van der Waals surface area contributed by atoms with Crippen LogP contribution in [-0.2, 0) is 15.6 Å². The highest BCUT2D eigenvalue weighted by Crippen LogP contribution is 2.38. The minimum absolute atomic E-state index is 0.0561. The van der Waals surface area contributed by atoms with E-state index in [1.807, 2.05) is 51.1 Å². The summed E-state index contributed by atoms with van der Waals surface area (Å²) in [6.45, 7) is 16.5. The third-order valence-electron chi connectivity index (χ3n) is 4.85. The van der Waals surface area contributed by atoms with Crippen molar-refractivity contribution in [2.24, 2.45) is 0 Å². The number of alkyl halides is 1. The van der Waals surface area contributed by atoms with E-state index in [0.717, 1.165) is 5.56 Å². The second-order valence-corrected chi connectivity index (χ2v) is 14.6. The van der Waals surface area contributed by atoms with Gasteiger partial charge in [-0.25, -0.2) is 4.79 Å². The van der Waals surface area contributed by atoms with E-state index in [9.17, 15) is 4.79 Å². The first kappa shape index (κ1) is 24.0. The van der Waals surface area contributed by atoms with Crippen LogP contribution in [0.5, 0.6) is 0 Å². The van der Waals surface area contributed by atoms with Crippen LogP contribution in [0.3, 0.4) is 0 Å². The quantitative estimate of drug-likeness (QED) is 0.457. The van der Waals surface area contributed by atoms with Crippen LogP contribution in [0.1, 0.15) is 47.1 Å². The number of ether oxygens (including phenoxy) is 1. The number of alkyl carbamates (subject to hydrolysis) is 1. The summed E-state index contributed by atoms with van der Waals surface area (Å²) in [6.07, 6.45) is -0.107. The Morgan fingerprint density at radius 1 is 1.11 bits per heavy atom. The van der Waals surface area contributed by atoms with Gasteiger partial charge in [-0.05, 0) is 50.9 Å². The molecule has 0 spiro atoms. The third-order valence-corrected chi connectivity index (χ3v) is 9.66. The van der Waals surface area contributed by atoms with Gasteiger partial charge in [-0.3, -0.25) is 0 Å². The number of amides is 1. The Morgan fingerprint density at radius 3 is 2.11 bits per heavy atom. The van der Waals surface area contributed by atoms with Crippen molar-refractivity contribution in [3.8, 4) is 0 Å². The molecule has 0 radical (unpaired) electrons. The van der Waals surface area contributed by atoms with Crippen molar-refractivity contribution >= 4 is 26.0 Å². The minimum Gasteiger partial charge on any atom is -0.444 e. The van der Waals surface area contributed by atoms with E-state index in [4.69, 9.17) is 20.8 Å². The molecule has 6 heteroatoms. The largest absolute Gasteiger partial charge is 0.444 e. The van der Waals surface area contributed by atoms with Crippen LogP contribution in [0.4, 0.5) is 4.79 Å². The third kappa shape index (κ3) is 8.24. The van der Waals surface area contributed by atoms with Crippen molar-refractivity contribution in [1.29, 1.82) is 0 Å². The SMILES string of the molecule is CC(C)(C)OC(=O)N[C@H](Cc1ccccc1)[C@H](CCl)O[Si](C)(C)C(C)(C)C. The van der Waals surface area contributed by atoms with Gasteiger partial charge in [0.15, 0.2) is 8.32 Å². The Labute approximate surface area is 171 Å². The maximum absolute atomic E-state index is 12.4. The summed E-state index contributed by atoms with van der Waals surface area (Å²) in [7, 11) is -2.04. The molecule has 0 saturated heterocycles. The first-order valence-electron chi connectivity index (χ1n) is 9.52. The molecule has 1 N–H and O–H groups in total. The summed E-state index contributed by atoms with van der Waals surface area (Å²) >= 11 is 6.31. The van der Waals surface area contributed by atoms with Gasteiger partial charge in [-0.1, -0.05) is 51.1 Å². The van der Waals surface area contributed by atoms with E-state index in [2.05, 4.69) is 39.2 Å². The van der Waals surface area contributed by atoms with Gasteiger partial charge < -0.3 is 14.5 Å². The normalized spacial score (nSPS) is 15.1. The number of carbonyl (C=O) groups is 1. The highest BCUT2D eigenvalue weighted by atomic mass is 35.5. The van der Waals surface area contributed by atoms with Gasteiger partial charge in [-0.2, -0.15) is 0 Å². The van der Waals surface area contributed by atoms with Gasteiger partial charge in [0.05, 0.1) is 12.1 Å². The average molecular weight is 414 g/mol. The molecule has 0 aliphatic carbocycles. The zero-order valence-corrected chi connectivity index (χ0v) is 19.8. The molecule has 1 aromatic carbocycles. The number of carbonyl (C=O) groups excluding carboxylic acids is 1. The topological polar surface area (TPSA) is 47.6 Å². The molecule has 0 bridgehead atoms. The van der Waals surface area contributed by atoms with E-state index in [1.54, 1.807) is 0 Å². The van der Waals surface area contributed by atoms with Crippen LogP contribution in [0.25, 0.3) is 0 Å². The van der Waals surface area contributed by atoms with Crippen molar-refractivity contribution in [2.45, 2.75) is 83.8 Å². The van der Waals surface area contributed by atoms with Crippen molar-refractivity contribution in [3.05, 3.63) is 35.9 Å². The van der Waals surface area contributed by atoms with E-state index in [1.165, 1.54) is 0 Å². The number of halogens is 1. The lowest BCUT2D eigenvalue weighted by atomic mass is 10.0. The Kier molecular flexibility index (Phi) is 8.39. The second-order valence-electron chi connectivity index (χ2n) is 9.51. The number of nitrogens with one attached hydrogen (secondary N) is 1. The summed E-state index contributed by atoms with van der Waals surface area (Å²) < 4.78 is 12.0. The van der Waals surface area contributed by atoms with E-state index in [-0.39, 0.29) is 17.2 Å². The Bertz CT molecular complexity index is 594. The predicted octanol–water partition coefficient (Wildman–Crippen LogP) is 5.75. The van der Waals surface area contributed by atoms with Gasteiger partial charge in [0.25, 0.3) is 0 Å². The molecule has 0 aliphatic heterocycles. The fraction of sp³-hybridized carbons (Fsp3) is 0.667. The van der Waals surface area contributed by atoms with Crippen molar-refractivity contribution < 1.29 is 14.0 Å². The zero-order chi connectivity index (χ0) is 20.9. The van der Waals surface area contributed by atoms with Crippen LogP contribution in [0, 0.1) is 0 Å². The maximum Gasteiger partial charge on any atom is 0.407 e. The van der Waals surface area contributed by atoms with Crippen molar-refractivity contribution in [3.63, 3.8) is 0 Å². The minimum atomic E-state index is -2.04. The van der Waals surface area contributed by atoms with Crippen molar-refractivity contribution in [1.82, 2.24) is 5.32 Å². The standard InChI is InChI=1S/C21H36ClNO3Si/c1-20(2,3)25-19(24)23-17(14-16-12-10-9-11-13-16)18(15-22)26-27(7,8)21(4,5)6/h9-13,17-18H,14-15H2,1-8H3,(H,23,24)/t17-,18+/m1/s1. The molecule has 0 saturated carbocycles. The average Bonchev–Trinajstić information content (AvgIpc) is 2.50. The molecule has 1 amide bonds. The molecule has 0 aliphatic rings. The summed E-state index contributed by atoms with van der Waals surface area (Å²) in [5.41, 5.74) is 0.561. The zero-order valence-electron chi connectivity index (χ0n) is 18.1. The molecule has 27 heavy (non-hydrogen) atoms. The Balaban J connectivity index is 3.04. The molecule has 1 rings (SSSR count). The fourth-order valence-corrected chi connectivity index (χ4v) is 4.12. The molecule has 2 atom stereocenters. The van der Waals surface area contributed by atoms with Gasteiger partial charge in [0.1, 0.15) is 5.60 Å². The van der Waals surface area contributed by atoms with Crippen LogP contribution < -0.4 is 5.32 Å². The van der Waals surface area contributed by atoms with E-state index < -0.39 is 20.0 Å². The lowest BCUT2D eigenvalue weighted by Crippen LogP contribution is -2.54. The molecular weight excluding hydrogens is 378 g/mol. The molecule has 0 fully saturated rings. The van der Waals surface area contributed by atoms with Gasteiger partial charge in [0.2, 0.25) is 0 Å². The lowest BCUT2D eigenvalue weighted by Gasteiger charge is -2.41. The molecule has 154 valence electrons. The van der Waals surface area contributed by atoms with Crippen LogP contribution in [0.15, 0.2) is 30.3 Å².